The number of amides is 1. The molecular weight excluding hydrogens is 154 g/mol. The molecule has 3 heteroatoms. The third-order valence-corrected chi connectivity index (χ3v) is 1.99. The highest BCUT2D eigenvalue weighted by molar-refractivity contribution is 5.78. The minimum Gasteiger partial charge on any atom is -0.392 e. The molecule has 0 bridgehead atoms. The van der Waals surface area contributed by atoms with E-state index >= 15 is 0 Å². The summed E-state index contributed by atoms with van der Waals surface area (Å²) in [5.74, 6) is -0.282. The topological polar surface area (TPSA) is 40.5 Å². The van der Waals surface area contributed by atoms with Gasteiger partial charge in [0.15, 0.2) is 0 Å². The van der Waals surface area contributed by atoms with Gasteiger partial charge in [-0.25, -0.2) is 0 Å². The number of carbonyl (C=O) groups excluding carboxylic acids is 1. The molecule has 72 valence electrons. The van der Waals surface area contributed by atoms with Gasteiger partial charge < -0.3 is 10.0 Å². The molecule has 0 heterocycles. The van der Waals surface area contributed by atoms with E-state index in [2.05, 4.69) is 0 Å². The lowest BCUT2D eigenvalue weighted by atomic mass is 10.00. The molecule has 1 N–H and O–H groups in total. The molecule has 0 saturated heterocycles. The maximum atomic E-state index is 11.3. The standard InChI is InChI=1S/C9H19NO2/c1-5-6-8(11)7(2)9(12)10(3)4/h7-8,11H,5-6H2,1-4H3/t7-,8+/m0/s1. The highest BCUT2D eigenvalue weighted by Crippen LogP contribution is 2.10. The van der Waals surface area contributed by atoms with E-state index in [0.717, 1.165) is 6.42 Å². The molecule has 0 fully saturated rings. The summed E-state index contributed by atoms with van der Waals surface area (Å²) < 4.78 is 0. The fourth-order valence-corrected chi connectivity index (χ4v) is 1.12. The largest absolute Gasteiger partial charge is 0.392 e. The molecule has 0 saturated carbocycles. The number of nitrogens with zero attached hydrogens (tertiary/aromatic N) is 1. The summed E-state index contributed by atoms with van der Waals surface area (Å²) in [4.78, 5) is 12.8. The Labute approximate surface area is 74.4 Å². The second-order valence-electron chi connectivity index (χ2n) is 3.38. The van der Waals surface area contributed by atoms with E-state index in [0.29, 0.717) is 6.42 Å². The number of carbonyl (C=O) groups is 1. The zero-order valence-corrected chi connectivity index (χ0v) is 8.37. The number of hydrogen-bond donors (Lipinski definition) is 1. The highest BCUT2D eigenvalue weighted by atomic mass is 16.3. The normalized spacial score (nSPS) is 15.4. The molecule has 0 aromatic heterocycles. The summed E-state index contributed by atoms with van der Waals surface area (Å²) in [6.45, 7) is 3.76. The van der Waals surface area contributed by atoms with Gasteiger partial charge in [0.05, 0.1) is 12.0 Å². The van der Waals surface area contributed by atoms with Crippen molar-refractivity contribution in [1.82, 2.24) is 4.90 Å². The van der Waals surface area contributed by atoms with E-state index in [4.69, 9.17) is 0 Å². The van der Waals surface area contributed by atoms with Gasteiger partial charge in [0, 0.05) is 14.1 Å². The summed E-state index contributed by atoms with van der Waals surface area (Å²) in [7, 11) is 3.41. The van der Waals surface area contributed by atoms with E-state index in [9.17, 15) is 9.90 Å². The van der Waals surface area contributed by atoms with Crippen molar-refractivity contribution in [3.63, 3.8) is 0 Å². The lowest BCUT2D eigenvalue weighted by molar-refractivity contribution is -0.136. The van der Waals surface area contributed by atoms with Crippen LogP contribution >= 0.6 is 0 Å². The Balaban J connectivity index is 4.00. The van der Waals surface area contributed by atoms with Crippen molar-refractivity contribution in [2.24, 2.45) is 5.92 Å². The average Bonchev–Trinajstić information content (AvgIpc) is 2.02. The quantitative estimate of drug-likeness (QED) is 0.685. The van der Waals surface area contributed by atoms with Crippen LogP contribution in [0, 0.1) is 5.92 Å². The van der Waals surface area contributed by atoms with Gasteiger partial charge in [-0.3, -0.25) is 4.79 Å². The first-order valence-corrected chi connectivity index (χ1v) is 4.40. The van der Waals surface area contributed by atoms with Crippen LogP contribution in [0.5, 0.6) is 0 Å². The first-order chi connectivity index (χ1) is 5.50. The SMILES string of the molecule is CCC[C@@H](O)[C@H](C)C(=O)N(C)C. The first-order valence-electron chi connectivity index (χ1n) is 4.40. The molecule has 0 aliphatic heterocycles. The van der Waals surface area contributed by atoms with Crippen molar-refractivity contribution in [2.75, 3.05) is 14.1 Å². The van der Waals surface area contributed by atoms with Crippen molar-refractivity contribution in [1.29, 1.82) is 0 Å². The number of hydrogen-bond acceptors (Lipinski definition) is 2. The lowest BCUT2D eigenvalue weighted by Gasteiger charge is -2.21. The average molecular weight is 173 g/mol. The van der Waals surface area contributed by atoms with Crippen LogP contribution in [-0.2, 0) is 4.79 Å². The van der Waals surface area contributed by atoms with Crippen molar-refractivity contribution in [3.8, 4) is 0 Å². The molecule has 0 aliphatic rings. The van der Waals surface area contributed by atoms with Crippen molar-refractivity contribution in [3.05, 3.63) is 0 Å². The Morgan fingerprint density at radius 1 is 1.50 bits per heavy atom. The Bertz CT molecular complexity index is 145. The molecule has 0 aliphatic carbocycles. The predicted octanol–water partition coefficient (Wildman–Crippen LogP) is 0.872. The predicted molar refractivity (Wildman–Crippen MR) is 48.8 cm³/mol. The summed E-state index contributed by atoms with van der Waals surface area (Å²) in [5, 5.41) is 9.49. The molecule has 1 amide bonds. The van der Waals surface area contributed by atoms with Crippen LogP contribution in [0.3, 0.4) is 0 Å². The van der Waals surface area contributed by atoms with Crippen molar-refractivity contribution < 1.29 is 9.90 Å². The second kappa shape index (κ2) is 5.14. The maximum absolute atomic E-state index is 11.3. The van der Waals surface area contributed by atoms with Crippen LogP contribution in [0.15, 0.2) is 0 Å². The summed E-state index contributed by atoms with van der Waals surface area (Å²) in [6.07, 6.45) is 1.11. The van der Waals surface area contributed by atoms with Gasteiger partial charge in [0.2, 0.25) is 5.91 Å². The molecule has 0 aromatic carbocycles. The molecule has 0 aromatic rings. The Morgan fingerprint density at radius 2 is 2.00 bits per heavy atom. The van der Waals surface area contributed by atoms with Gasteiger partial charge in [-0.15, -0.1) is 0 Å². The highest BCUT2D eigenvalue weighted by Gasteiger charge is 2.22. The zero-order valence-electron chi connectivity index (χ0n) is 8.37. The fraction of sp³-hybridized carbons (Fsp3) is 0.889. The Kier molecular flexibility index (Phi) is 4.90. The van der Waals surface area contributed by atoms with Gasteiger partial charge in [-0.05, 0) is 6.42 Å². The van der Waals surface area contributed by atoms with E-state index in [-0.39, 0.29) is 11.8 Å². The van der Waals surface area contributed by atoms with Crippen LogP contribution in [-0.4, -0.2) is 36.1 Å². The fourth-order valence-electron chi connectivity index (χ4n) is 1.12. The number of rotatable bonds is 4. The van der Waals surface area contributed by atoms with Gasteiger partial charge >= 0.3 is 0 Å². The van der Waals surface area contributed by atoms with Crippen LogP contribution in [0.1, 0.15) is 26.7 Å². The molecule has 0 spiro atoms. The number of aliphatic hydroxyl groups is 1. The summed E-state index contributed by atoms with van der Waals surface area (Å²) in [5.41, 5.74) is 0. The molecule has 12 heavy (non-hydrogen) atoms. The van der Waals surface area contributed by atoms with Crippen LogP contribution in [0.2, 0.25) is 0 Å². The molecular formula is C9H19NO2. The third-order valence-electron chi connectivity index (χ3n) is 1.99. The molecule has 0 radical (unpaired) electrons. The molecule has 0 rings (SSSR count). The Morgan fingerprint density at radius 3 is 2.33 bits per heavy atom. The maximum Gasteiger partial charge on any atom is 0.227 e. The molecule has 3 nitrogen and oxygen atoms in total. The smallest absolute Gasteiger partial charge is 0.227 e. The minimum absolute atomic E-state index is 0.00375. The summed E-state index contributed by atoms with van der Waals surface area (Å²) >= 11 is 0. The first kappa shape index (κ1) is 11.4. The van der Waals surface area contributed by atoms with Crippen LogP contribution < -0.4 is 0 Å². The van der Waals surface area contributed by atoms with E-state index in [1.807, 2.05) is 6.92 Å². The molecule has 0 unspecified atom stereocenters. The van der Waals surface area contributed by atoms with Gasteiger partial charge in [0.25, 0.3) is 0 Å². The second-order valence-corrected chi connectivity index (χ2v) is 3.38. The van der Waals surface area contributed by atoms with Gasteiger partial charge in [-0.2, -0.15) is 0 Å². The monoisotopic (exact) mass is 173 g/mol. The van der Waals surface area contributed by atoms with Gasteiger partial charge in [0.1, 0.15) is 0 Å². The van der Waals surface area contributed by atoms with Gasteiger partial charge in [-0.1, -0.05) is 20.3 Å². The van der Waals surface area contributed by atoms with Crippen LogP contribution in [0.25, 0.3) is 0 Å². The minimum atomic E-state index is -0.495. The zero-order chi connectivity index (χ0) is 9.72. The third kappa shape index (κ3) is 3.22. The number of aliphatic hydroxyl groups excluding tert-OH is 1. The van der Waals surface area contributed by atoms with Crippen molar-refractivity contribution in [2.45, 2.75) is 32.8 Å². The molecule has 2 atom stereocenters. The van der Waals surface area contributed by atoms with Crippen molar-refractivity contribution >= 4 is 5.91 Å². The Hall–Kier alpha value is -0.570. The van der Waals surface area contributed by atoms with E-state index in [1.54, 1.807) is 21.0 Å². The lowest BCUT2D eigenvalue weighted by Crippen LogP contribution is -2.34. The van der Waals surface area contributed by atoms with Crippen LogP contribution in [0.4, 0.5) is 0 Å². The van der Waals surface area contributed by atoms with E-state index in [1.165, 1.54) is 4.90 Å². The summed E-state index contributed by atoms with van der Waals surface area (Å²) in [6, 6.07) is 0. The van der Waals surface area contributed by atoms with E-state index < -0.39 is 6.10 Å².